The van der Waals surface area contributed by atoms with E-state index in [1.807, 2.05) is 0 Å². The van der Waals surface area contributed by atoms with E-state index < -0.39 is 0 Å². The van der Waals surface area contributed by atoms with Crippen molar-refractivity contribution >= 4 is 87.5 Å². The van der Waals surface area contributed by atoms with E-state index in [-0.39, 0.29) is 0 Å². The minimum Gasteiger partial charge on any atom is -0.456 e. The van der Waals surface area contributed by atoms with E-state index in [1.54, 1.807) is 0 Å². The summed E-state index contributed by atoms with van der Waals surface area (Å²) < 4.78 is 18.9. The Morgan fingerprint density at radius 2 is 0.672 bits per heavy atom. The molecule has 10 aromatic carbocycles. The van der Waals surface area contributed by atoms with E-state index in [4.69, 9.17) is 8.83 Å². The smallest absolute Gasteiger partial charge is 0.144 e. The minimum absolute atomic E-state index is 0.813. The highest BCUT2D eigenvalue weighted by Gasteiger charge is 2.24. The summed E-state index contributed by atoms with van der Waals surface area (Å²) in [7, 11) is 0. The van der Waals surface area contributed by atoms with Gasteiger partial charge in [0.1, 0.15) is 22.3 Å². The molecular formula is C60H36N2O2. The average molecular weight is 817 g/mol. The number of hydrogen-bond donors (Lipinski definition) is 0. The number of benzene rings is 10. The highest BCUT2D eigenvalue weighted by atomic mass is 16.3. The quantitative estimate of drug-likeness (QED) is 0.173. The van der Waals surface area contributed by atoms with Crippen LogP contribution in [0.4, 0.5) is 0 Å². The van der Waals surface area contributed by atoms with Gasteiger partial charge in [-0.2, -0.15) is 0 Å². The molecule has 4 heterocycles. The van der Waals surface area contributed by atoms with Crippen LogP contribution in [0.25, 0.3) is 132 Å². The highest BCUT2D eigenvalue weighted by molar-refractivity contribution is 6.29. The van der Waals surface area contributed by atoms with Crippen LogP contribution in [0.15, 0.2) is 227 Å². The van der Waals surface area contributed by atoms with Crippen LogP contribution in [0.2, 0.25) is 0 Å². The van der Waals surface area contributed by atoms with Gasteiger partial charge in [0.2, 0.25) is 0 Å². The molecule has 0 unspecified atom stereocenters. The van der Waals surface area contributed by atoms with E-state index in [0.717, 1.165) is 99.7 Å². The number of nitrogens with zero attached hydrogens (tertiary/aromatic N) is 2. The van der Waals surface area contributed by atoms with Crippen molar-refractivity contribution in [1.82, 2.24) is 9.13 Å². The Labute approximate surface area is 367 Å². The van der Waals surface area contributed by atoms with Crippen LogP contribution in [-0.2, 0) is 0 Å². The van der Waals surface area contributed by atoms with Gasteiger partial charge in [-0.05, 0) is 113 Å². The standard InChI is InChI=1S/C60H36N2O2/c1-3-15-37(16-4-1)39-31-40(38-17-5-2-6-18-38)33-41(32-39)48-36-57-58(49-34-42(27-29-55(49)63-57)61-51-23-11-7-19-44(51)45-20-8-12-24-52(45)61)59-50-35-43(28-30-56(50)64-60(48)59)62-53-25-13-9-21-46(53)47-22-10-14-26-54(47)62/h1-36H. The predicted molar refractivity (Wildman–Crippen MR) is 266 cm³/mol. The molecule has 4 aromatic heterocycles. The summed E-state index contributed by atoms with van der Waals surface area (Å²) >= 11 is 0. The van der Waals surface area contributed by atoms with Crippen LogP contribution < -0.4 is 0 Å². The molecule has 0 N–H and O–H groups in total. The minimum atomic E-state index is 0.813. The topological polar surface area (TPSA) is 36.1 Å². The third-order valence-corrected chi connectivity index (χ3v) is 13.3. The SMILES string of the molecule is c1ccc(-c2cc(-c3ccccc3)cc(-c3cc4oc5ccc(-n6c7ccccc7c7ccccc76)cc5c4c4c3oc3ccc(-n5c6ccccc6c6ccccc65)cc34)c2)cc1. The number of rotatable bonds is 5. The second-order valence-corrected chi connectivity index (χ2v) is 16.8. The summed E-state index contributed by atoms with van der Waals surface area (Å²) in [5.41, 5.74) is 16.7. The molecule has 4 heteroatoms. The fraction of sp³-hybridized carbons (Fsp3) is 0. The average Bonchev–Trinajstić information content (AvgIpc) is 4.11. The molecule has 0 saturated heterocycles. The molecule has 0 saturated carbocycles. The Morgan fingerprint density at radius 1 is 0.266 bits per heavy atom. The van der Waals surface area contributed by atoms with Crippen molar-refractivity contribution in [2.75, 3.05) is 0 Å². The van der Waals surface area contributed by atoms with Gasteiger partial charge in [0.25, 0.3) is 0 Å². The maximum Gasteiger partial charge on any atom is 0.144 e. The number of hydrogen-bond acceptors (Lipinski definition) is 2. The molecule has 0 bridgehead atoms. The number of para-hydroxylation sites is 4. The highest BCUT2D eigenvalue weighted by Crippen LogP contribution is 2.47. The third kappa shape index (κ3) is 5.11. The largest absolute Gasteiger partial charge is 0.456 e. The Kier molecular flexibility index (Phi) is 7.36. The van der Waals surface area contributed by atoms with Gasteiger partial charge in [-0.25, -0.2) is 0 Å². The summed E-state index contributed by atoms with van der Waals surface area (Å²) in [6.07, 6.45) is 0. The molecule has 0 atom stereocenters. The van der Waals surface area contributed by atoms with Gasteiger partial charge in [-0.15, -0.1) is 0 Å². The molecule has 0 aliphatic carbocycles. The van der Waals surface area contributed by atoms with Crippen LogP contribution in [0, 0.1) is 0 Å². The fourth-order valence-corrected chi connectivity index (χ4v) is 10.5. The molecular weight excluding hydrogens is 781 g/mol. The van der Waals surface area contributed by atoms with Gasteiger partial charge in [-0.3, -0.25) is 0 Å². The van der Waals surface area contributed by atoms with Crippen molar-refractivity contribution in [3.05, 3.63) is 218 Å². The van der Waals surface area contributed by atoms with Crippen molar-refractivity contribution in [2.45, 2.75) is 0 Å². The van der Waals surface area contributed by atoms with Crippen molar-refractivity contribution in [2.24, 2.45) is 0 Å². The lowest BCUT2D eigenvalue weighted by molar-refractivity contribution is 0.663. The van der Waals surface area contributed by atoms with E-state index in [1.165, 1.54) is 32.6 Å². The lowest BCUT2D eigenvalue weighted by Gasteiger charge is -2.12. The summed E-state index contributed by atoms with van der Waals surface area (Å²) in [6.45, 7) is 0. The van der Waals surface area contributed by atoms with Crippen LogP contribution in [0.3, 0.4) is 0 Å². The molecule has 14 rings (SSSR count). The van der Waals surface area contributed by atoms with E-state index >= 15 is 0 Å². The van der Waals surface area contributed by atoms with Gasteiger partial charge >= 0.3 is 0 Å². The first-order valence-electron chi connectivity index (χ1n) is 21.8. The van der Waals surface area contributed by atoms with E-state index in [9.17, 15) is 0 Å². The molecule has 0 aliphatic heterocycles. The zero-order valence-corrected chi connectivity index (χ0v) is 34.5. The number of fused-ring (bicyclic) bond motifs is 13. The van der Waals surface area contributed by atoms with Crippen molar-refractivity contribution in [1.29, 1.82) is 0 Å². The van der Waals surface area contributed by atoms with Gasteiger partial charge in [0.15, 0.2) is 0 Å². The van der Waals surface area contributed by atoms with Crippen LogP contribution in [0.1, 0.15) is 0 Å². The first kappa shape index (κ1) is 35.0. The van der Waals surface area contributed by atoms with E-state index in [2.05, 4.69) is 228 Å². The molecule has 4 nitrogen and oxygen atoms in total. The lowest BCUT2D eigenvalue weighted by Crippen LogP contribution is -1.93. The first-order valence-corrected chi connectivity index (χ1v) is 21.8. The maximum absolute atomic E-state index is 7.16. The summed E-state index contributed by atoms with van der Waals surface area (Å²) in [5, 5.41) is 9.07. The Balaban J connectivity index is 1.10. The fourth-order valence-electron chi connectivity index (χ4n) is 10.5. The Morgan fingerprint density at radius 3 is 1.16 bits per heavy atom. The number of furan rings is 2. The Hall–Kier alpha value is -8.60. The van der Waals surface area contributed by atoms with Crippen molar-refractivity contribution in [3.63, 3.8) is 0 Å². The second kappa shape index (κ2) is 13.4. The predicted octanol–water partition coefficient (Wildman–Crippen LogP) is 16.7. The zero-order chi connectivity index (χ0) is 41.9. The molecule has 0 amide bonds. The normalized spacial score (nSPS) is 12.1. The van der Waals surface area contributed by atoms with Gasteiger partial charge in [-0.1, -0.05) is 133 Å². The second-order valence-electron chi connectivity index (χ2n) is 16.8. The Bertz CT molecular complexity index is 4020. The summed E-state index contributed by atoms with van der Waals surface area (Å²) in [5.74, 6) is 0. The molecule has 14 aromatic rings. The molecule has 298 valence electrons. The van der Waals surface area contributed by atoms with Gasteiger partial charge < -0.3 is 18.0 Å². The van der Waals surface area contributed by atoms with Crippen molar-refractivity contribution < 1.29 is 8.83 Å². The van der Waals surface area contributed by atoms with Crippen molar-refractivity contribution in [3.8, 4) is 44.8 Å². The molecule has 0 aliphatic rings. The van der Waals surface area contributed by atoms with Gasteiger partial charge in [0, 0.05) is 60.0 Å². The lowest BCUT2D eigenvalue weighted by atomic mass is 9.92. The monoisotopic (exact) mass is 816 g/mol. The van der Waals surface area contributed by atoms with Crippen LogP contribution in [-0.4, -0.2) is 9.13 Å². The maximum atomic E-state index is 7.16. The summed E-state index contributed by atoms with van der Waals surface area (Å²) in [4.78, 5) is 0. The van der Waals surface area contributed by atoms with Crippen LogP contribution in [0.5, 0.6) is 0 Å². The van der Waals surface area contributed by atoms with Crippen LogP contribution >= 0.6 is 0 Å². The number of aromatic nitrogens is 2. The summed E-state index contributed by atoms with van der Waals surface area (Å²) in [6, 6.07) is 78.3. The third-order valence-electron chi connectivity index (χ3n) is 13.3. The van der Waals surface area contributed by atoms with Gasteiger partial charge in [0.05, 0.1) is 22.1 Å². The first-order chi connectivity index (χ1) is 31.7. The zero-order valence-electron chi connectivity index (χ0n) is 34.5. The molecule has 0 fully saturated rings. The molecule has 0 spiro atoms. The molecule has 64 heavy (non-hydrogen) atoms. The van der Waals surface area contributed by atoms with E-state index in [0.29, 0.717) is 0 Å². The molecule has 0 radical (unpaired) electrons.